The van der Waals surface area contributed by atoms with Gasteiger partial charge >= 0.3 is 12.2 Å². The van der Waals surface area contributed by atoms with Crippen molar-refractivity contribution in [1.82, 2.24) is 10.3 Å². The van der Waals surface area contributed by atoms with Gasteiger partial charge in [0, 0.05) is 23.2 Å². The minimum Gasteiger partial charge on any atom is -0.331 e. The molecule has 0 fully saturated rings. The number of urea groups is 1. The molecule has 4 nitrogen and oxygen atoms in total. The smallest absolute Gasteiger partial charge is 0.331 e. The van der Waals surface area contributed by atoms with E-state index in [4.69, 9.17) is 0 Å². The number of rotatable bonds is 3. The molecule has 0 spiro atoms. The number of benzene rings is 2. The Bertz CT molecular complexity index is 918. The Kier molecular flexibility index (Phi) is 4.79. The highest BCUT2D eigenvalue weighted by Crippen LogP contribution is 2.30. The third kappa shape index (κ3) is 3.93. The molecule has 2 aromatic carbocycles. The van der Waals surface area contributed by atoms with Crippen molar-refractivity contribution < 1.29 is 18.0 Å². The van der Waals surface area contributed by atoms with Crippen LogP contribution in [0.1, 0.15) is 24.1 Å². The zero-order chi connectivity index (χ0) is 18.7. The lowest BCUT2D eigenvalue weighted by Gasteiger charge is -2.16. The molecule has 0 aliphatic rings. The quantitative estimate of drug-likeness (QED) is 0.681. The lowest BCUT2D eigenvalue weighted by Crippen LogP contribution is -2.31. The zero-order valence-electron chi connectivity index (χ0n) is 13.8. The normalized spacial score (nSPS) is 12.6. The molecule has 0 aliphatic carbocycles. The number of halogens is 3. The second kappa shape index (κ2) is 7.03. The van der Waals surface area contributed by atoms with E-state index in [0.717, 1.165) is 22.9 Å². The third-order valence-corrected chi connectivity index (χ3v) is 4.01. The van der Waals surface area contributed by atoms with Crippen molar-refractivity contribution in [2.24, 2.45) is 0 Å². The van der Waals surface area contributed by atoms with Gasteiger partial charge in [0.2, 0.25) is 0 Å². The summed E-state index contributed by atoms with van der Waals surface area (Å²) >= 11 is 0. The molecule has 0 saturated heterocycles. The van der Waals surface area contributed by atoms with Gasteiger partial charge in [-0.05, 0) is 36.8 Å². The highest BCUT2D eigenvalue weighted by Gasteiger charge is 2.30. The fourth-order valence-corrected chi connectivity index (χ4v) is 2.63. The van der Waals surface area contributed by atoms with Crippen LogP contribution in [-0.2, 0) is 6.18 Å². The van der Waals surface area contributed by atoms with E-state index in [2.05, 4.69) is 15.6 Å². The Balaban J connectivity index is 1.69. The molecule has 2 N–H and O–H groups in total. The van der Waals surface area contributed by atoms with Crippen LogP contribution < -0.4 is 10.6 Å². The van der Waals surface area contributed by atoms with Crippen molar-refractivity contribution >= 4 is 22.5 Å². The number of hydrogen-bond donors (Lipinski definition) is 2. The van der Waals surface area contributed by atoms with Crippen LogP contribution in [0.4, 0.5) is 23.7 Å². The summed E-state index contributed by atoms with van der Waals surface area (Å²) in [6.45, 7) is 1.70. The van der Waals surface area contributed by atoms with Crippen molar-refractivity contribution in [3.63, 3.8) is 0 Å². The number of nitrogens with one attached hydrogen (secondary N) is 2. The van der Waals surface area contributed by atoms with E-state index in [9.17, 15) is 18.0 Å². The maximum Gasteiger partial charge on any atom is 0.416 e. The summed E-state index contributed by atoms with van der Waals surface area (Å²) in [4.78, 5) is 16.3. The number of hydrogen-bond acceptors (Lipinski definition) is 2. The van der Waals surface area contributed by atoms with E-state index in [1.807, 2.05) is 6.07 Å². The molecule has 1 heterocycles. The molecule has 0 unspecified atom stereocenters. The van der Waals surface area contributed by atoms with E-state index in [1.54, 1.807) is 37.5 Å². The molecular weight excluding hydrogens is 343 g/mol. The fraction of sp³-hybridized carbons (Fsp3) is 0.158. The van der Waals surface area contributed by atoms with E-state index >= 15 is 0 Å². The predicted octanol–water partition coefficient (Wildman–Crippen LogP) is 5.14. The second-order valence-corrected chi connectivity index (χ2v) is 5.84. The van der Waals surface area contributed by atoms with Crippen molar-refractivity contribution in [2.45, 2.75) is 19.1 Å². The van der Waals surface area contributed by atoms with Crippen molar-refractivity contribution in [3.05, 3.63) is 72.1 Å². The predicted molar refractivity (Wildman–Crippen MR) is 93.8 cm³/mol. The molecule has 0 saturated carbocycles. The minimum absolute atomic E-state index is 0.443. The lowest BCUT2D eigenvalue weighted by molar-refractivity contribution is -0.137. The van der Waals surface area contributed by atoms with Crippen LogP contribution in [0.2, 0.25) is 0 Å². The van der Waals surface area contributed by atoms with Crippen LogP contribution in [0, 0.1) is 0 Å². The number of aromatic nitrogens is 1. The van der Waals surface area contributed by atoms with Gasteiger partial charge in [-0.1, -0.05) is 24.3 Å². The van der Waals surface area contributed by atoms with Gasteiger partial charge < -0.3 is 10.6 Å². The maximum absolute atomic E-state index is 12.6. The number of alkyl halides is 3. The number of carbonyl (C=O) groups excluding carboxylic acids is 1. The fourth-order valence-electron chi connectivity index (χ4n) is 2.63. The molecule has 7 heteroatoms. The van der Waals surface area contributed by atoms with Gasteiger partial charge in [-0.2, -0.15) is 13.2 Å². The van der Waals surface area contributed by atoms with Crippen LogP contribution in [0.5, 0.6) is 0 Å². The van der Waals surface area contributed by atoms with Crippen LogP contribution in [0.15, 0.2) is 60.9 Å². The second-order valence-electron chi connectivity index (χ2n) is 5.84. The minimum atomic E-state index is -4.38. The van der Waals surface area contributed by atoms with Gasteiger partial charge in [-0.15, -0.1) is 0 Å². The van der Waals surface area contributed by atoms with Crippen molar-refractivity contribution in [2.75, 3.05) is 5.32 Å². The first-order chi connectivity index (χ1) is 12.3. The van der Waals surface area contributed by atoms with Gasteiger partial charge in [0.1, 0.15) is 0 Å². The number of amides is 2. The van der Waals surface area contributed by atoms with Crippen LogP contribution in [0.25, 0.3) is 10.8 Å². The largest absolute Gasteiger partial charge is 0.416 e. The third-order valence-electron chi connectivity index (χ3n) is 4.01. The molecule has 2 amide bonds. The topological polar surface area (TPSA) is 54.0 Å². The molecule has 3 aromatic rings. The molecular formula is C19H16F3N3O. The standard InChI is InChI=1S/C19H16F3N3O/c1-12(13-5-7-15(8-6-13)19(20,21)22)24-18(26)25-17-4-2-3-14-11-23-10-9-16(14)17/h2-12H,1H3,(H2,24,25,26)/t12-/m1/s1. The Hall–Kier alpha value is -3.09. The average molecular weight is 359 g/mol. The molecule has 134 valence electrons. The first kappa shape index (κ1) is 17.7. The van der Waals surface area contributed by atoms with E-state index in [-0.39, 0.29) is 0 Å². The Morgan fingerprint density at radius 3 is 2.50 bits per heavy atom. The number of carbonyl (C=O) groups is 1. The highest BCUT2D eigenvalue weighted by molar-refractivity contribution is 6.01. The number of anilines is 1. The van der Waals surface area contributed by atoms with Gasteiger partial charge in [-0.3, -0.25) is 4.98 Å². The molecule has 0 aliphatic heterocycles. The molecule has 0 bridgehead atoms. The number of fused-ring (bicyclic) bond motifs is 1. The van der Waals surface area contributed by atoms with Crippen LogP contribution in [-0.4, -0.2) is 11.0 Å². The maximum atomic E-state index is 12.6. The SMILES string of the molecule is C[C@@H](NC(=O)Nc1cccc2cnccc12)c1ccc(C(F)(F)F)cc1. The van der Waals surface area contributed by atoms with E-state index in [1.165, 1.54) is 12.1 Å². The van der Waals surface area contributed by atoms with Gasteiger partial charge in [0.15, 0.2) is 0 Å². The van der Waals surface area contributed by atoms with Gasteiger partial charge in [0.25, 0.3) is 0 Å². The summed E-state index contributed by atoms with van der Waals surface area (Å²) < 4.78 is 37.8. The number of pyridine rings is 1. The average Bonchev–Trinajstić information content (AvgIpc) is 2.61. The van der Waals surface area contributed by atoms with E-state index < -0.39 is 23.8 Å². The van der Waals surface area contributed by atoms with Gasteiger partial charge in [0.05, 0.1) is 17.3 Å². The first-order valence-electron chi connectivity index (χ1n) is 7.92. The molecule has 3 rings (SSSR count). The highest BCUT2D eigenvalue weighted by atomic mass is 19.4. The van der Waals surface area contributed by atoms with E-state index in [0.29, 0.717) is 11.3 Å². The first-order valence-corrected chi connectivity index (χ1v) is 7.92. The van der Waals surface area contributed by atoms with Crippen LogP contribution in [0.3, 0.4) is 0 Å². The molecule has 26 heavy (non-hydrogen) atoms. The summed E-state index contributed by atoms with van der Waals surface area (Å²) in [7, 11) is 0. The van der Waals surface area contributed by atoms with Crippen molar-refractivity contribution in [1.29, 1.82) is 0 Å². The summed E-state index contributed by atoms with van der Waals surface area (Å²) in [6, 6.07) is 11.1. The summed E-state index contributed by atoms with van der Waals surface area (Å²) in [5.74, 6) is 0. The summed E-state index contributed by atoms with van der Waals surface area (Å²) in [6.07, 6.45) is -1.05. The van der Waals surface area contributed by atoms with Gasteiger partial charge in [-0.25, -0.2) is 4.79 Å². The summed E-state index contributed by atoms with van der Waals surface area (Å²) in [5, 5.41) is 7.22. The molecule has 0 radical (unpaired) electrons. The van der Waals surface area contributed by atoms with Crippen LogP contribution >= 0.6 is 0 Å². The Morgan fingerprint density at radius 1 is 1.08 bits per heavy atom. The van der Waals surface area contributed by atoms with Crippen molar-refractivity contribution in [3.8, 4) is 0 Å². The molecule has 1 atom stereocenters. The Morgan fingerprint density at radius 2 is 1.81 bits per heavy atom. The monoisotopic (exact) mass is 359 g/mol. The number of nitrogens with zero attached hydrogens (tertiary/aromatic N) is 1. The Labute approximate surface area is 148 Å². The lowest BCUT2D eigenvalue weighted by atomic mass is 10.1. The molecule has 1 aromatic heterocycles. The zero-order valence-corrected chi connectivity index (χ0v) is 13.8. The summed E-state index contributed by atoms with van der Waals surface area (Å²) in [5.41, 5.74) is 0.486.